The van der Waals surface area contributed by atoms with Crippen molar-refractivity contribution in [2.45, 2.75) is 46.3 Å². The molecule has 0 amide bonds. The molecule has 0 bridgehead atoms. The molecule has 0 fully saturated rings. The number of H-pyrrole nitrogens is 1. The smallest absolute Gasteiger partial charge is 0.126 e. The lowest BCUT2D eigenvalue weighted by Crippen LogP contribution is -2.37. The zero-order chi connectivity index (χ0) is 15.5. The molecule has 0 saturated heterocycles. The number of aryl methyl sites for hydroxylation is 1. The van der Waals surface area contributed by atoms with Crippen LogP contribution in [0, 0.1) is 6.92 Å². The fourth-order valence-electron chi connectivity index (χ4n) is 3.10. The summed E-state index contributed by atoms with van der Waals surface area (Å²) in [6.07, 6.45) is 2.94. The van der Waals surface area contributed by atoms with E-state index in [4.69, 9.17) is 4.74 Å². The SMILES string of the molecule is CCOCCc1cnc2n1CCN(Cc1cc(C)[nH]n1)[C@@H]2C. The van der Waals surface area contributed by atoms with E-state index in [1.165, 1.54) is 5.69 Å². The lowest BCUT2D eigenvalue weighted by atomic mass is 10.2. The molecule has 3 rings (SSSR count). The number of nitrogens with zero attached hydrogens (tertiary/aromatic N) is 4. The number of fused-ring (bicyclic) bond motifs is 1. The molecule has 22 heavy (non-hydrogen) atoms. The van der Waals surface area contributed by atoms with E-state index in [1.54, 1.807) is 0 Å². The molecule has 0 spiro atoms. The van der Waals surface area contributed by atoms with Gasteiger partial charge in [-0.25, -0.2) is 4.98 Å². The molecule has 2 aromatic rings. The minimum absolute atomic E-state index is 0.312. The van der Waals surface area contributed by atoms with Gasteiger partial charge in [-0.2, -0.15) is 5.10 Å². The fourth-order valence-corrected chi connectivity index (χ4v) is 3.10. The Bertz CT molecular complexity index is 618. The summed E-state index contributed by atoms with van der Waals surface area (Å²) < 4.78 is 7.82. The van der Waals surface area contributed by atoms with Crippen LogP contribution in [0.5, 0.6) is 0 Å². The summed E-state index contributed by atoms with van der Waals surface area (Å²) in [5, 5.41) is 7.36. The van der Waals surface area contributed by atoms with Gasteiger partial charge in [0.25, 0.3) is 0 Å². The standard InChI is InChI=1S/C16H25N5O/c1-4-22-8-5-15-10-17-16-13(3)20(6-7-21(15)16)11-14-9-12(2)18-19-14/h9-10,13H,4-8,11H2,1-3H3,(H,18,19)/t13-/m1/s1. The first-order valence-electron chi connectivity index (χ1n) is 8.06. The highest BCUT2D eigenvalue weighted by molar-refractivity contribution is 5.13. The lowest BCUT2D eigenvalue weighted by molar-refractivity contribution is 0.142. The maximum absolute atomic E-state index is 5.46. The van der Waals surface area contributed by atoms with Gasteiger partial charge in [-0.05, 0) is 26.8 Å². The summed E-state index contributed by atoms with van der Waals surface area (Å²) in [4.78, 5) is 7.09. The van der Waals surface area contributed by atoms with Gasteiger partial charge in [0.2, 0.25) is 0 Å². The summed E-state index contributed by atoms with van der Waals surface area (Å²) in [5.41, 5.74) is 3.49. The van der Waals surface area contributed by atoms with E-state index in [0.717, 1.165) is 56.5 Å². The van der Waals surface area contributed by atoms with E-state index in [9.17, 15) is 0 Å². The molecular formula is C16H25N5O. The van der Waals surface area contributed by atoms with Gasteiger partial charge in [0.05, 0.1) is 18.3 Å². The van der Waals surface area contributed by atoms with Crippen molar-refractivity contribution in [3.63, 3.8) is 0 Å². The number of aromatic amines is 1. The van der Waals surface area contributed by atoms with Crippen molar-refractivity contribution in [3.8, 4) is 0 Å². The summed E-state index contributed by atoms with van der Waals surface area (Å²) >= 11 is 0. The number of rotatable bonds is 6. The highest BCUT2D eigenvalue weighted by atomic mass is 16.5. The number of ether oxygens (including phenoxy) is 1. The van der Waals surface area contributed by atoms with E-state index in [-0.39, 0.29) is 0 Å². The average Bonchev–Trinajstić information content (AvgIpc) is 3.09. The third kappa shape index (κ3) is 3.08. The molecule has 3 heterocycles. The number of hydrogen-bond acceptors (Lipinski definition) is 4. The Kier molecular flexibility index (Phi) is 4.59. The average molecular weight is 303 g/mol. The van der Waals surface area contributed by atoms with Gasteiger partial charge in [-0.1, -0.05) is 0 Å². The van der Waals surface area contributed by atoms with Crippen LogP contribution in [-0.4, -0.2) is 44.4 Å². The van der Waals surface area contributed by atoms with E-state index in [1.807, 2.05) is 20.0 Å². The van der Waals surface area contributed by atoms with Crippen LogP contribution in [0.15, 0.2) is 12.3 Å². The molecule has 6 heteroatoms. The van der Waals surface area contributed by atoms with Crippen molar-refractivity contribution in [2.24, 2.45) is 0 Å². The van der Waals surface area contributed by atoms with Crippen LogP contribution >= 0.6 is 0 Å². The Labute approximate surface area is 131 Å². The van der Waals surface area contributed by atoms with Crippen molar-refractivity contribution >= 4 is 0 Å². The molecule has 0 radical (unpaired) electrons. The molecule has 0 saturated carbocycles. The summed E-state index contributed by atoms with van der Waals surface area (Å²) in [6, 6.07) is 2.42. The van der Waals surface area contributed by atoms with Crippen LogP contribution in [0.4, 0.5) is 0 Å². The molecule has 1 N–H and O–H groups in total. The Morgan fingerprint density at radius 1 is 1.41 bits per heavy atom. The molecule has 120 valence electrons. The highest BCUT2D eigenvalue weighted by Crippen LogP contribution is 2.26. The Morgan fingerprint density at radius 3 is 3.00 bits per heavy atom. The van der Waals surface area contributed by atoms with Crippen molar-refractivity contribution in [1.82, 2.24) is 24.6 Å². The first kappa shape index (κ1) is 15.2. The Balaban J connectivity index is 1.68. The Hall–Kier alpha value is -1.66. The van der Waals surface area contributed by atoms with E-state index in [0.29, 0.717) is 6.04 Å². The van der Waals surface area contributed by atoms with Gasteiger partial charge < -0.3 is 9.30 Å². The second-order valence-electron chi connectivity index (χ2n) is 5.90. The van der Waals surface area contributed by atoms with Crippen LogP contribution in [-0.2, 0) is 24.2 Å². The third-order valence-corrected chi connectivity index (χ3v) is 4.33. The topological polar surface area (TPSA) is 59.0 Å². The van der Waals surface area contributed by atoms with E-state index in [2.05, 4.69) is 37.6 Å². The van der Waals surface area contributed by atoms with Crippen molar-refractivity contribution in [1.29, 1.82) is 0 Å². The maximum atomic E-state index is 5.46. The third-order valence-electron chi connectivity index (χ3n) is 4.33. The zero-order valence-corrected chi connectivity index (χ0v) is 13.7. The summed E-state index contributed by atoms with van der Waals surface area (Å²) in [7, 11) is 0. The number of nitrogens with one attached hydrogen (secondary N) is 1. The van der Waals surface area contributed by atoms with E-state index >= 15 is 0 Å². The molecule has 6 nitrogen and oxygen atoms in total. The quantitative estimate of drug-likeness (QED) is 0.830. The van der Waals surface area contributed by atoms with Gasteiger partial charge >= 0.3 is 0 Å². The molecular weight excluding hydrogens is 278 g/mol. The largest absolute Gasteiger partial charge is 0.381 e. The van der Waals surface area contributed by atoms with Crippen LogP contribution in [0.25, 0.3) is 0 Å². The lowest BCUT2D eigenvalue weighted by Gasteiger charge is -2.33. The number of imidazole rings is 1. The Morgan fingerprint density at radius 2 is 2.27 bits per heavy atom. The van der Waals surface area contributed by atoms with Gasteiger partial charge in [0, 0.05) is 50.2 Å². The predicted molar refractivity (Wildman–Crippen MR) is 84.6 cm³/mol. The first-order valence-corrected chi connectivity index (χ1v) is 8.06. The van der Waals surface area contributed by atoms with Crippen LogP contribution in [0.3, 0.4) is 0 Å². The fraction of sp³-hybridized carbons (Fsp3) is 0.625. The molecule has 1 atom stereocenters. The van der Waals surface area contributed by atoms with Gasteiger partial charge in [0.1, 0.15) is 5.82 Å². The molecule has 0 aromatic carbocycles. The monoisotopic (exact) mass is 303 g/mol. The molecule has 0 unspecified atom stereocenters. The van der Waals surface area contributed by atoms with Crippen molar-refractivity contribution in [2.75, 3.05) is 19.8 Å². The second kappa shape index (κ2) is 6.62. The summed E-state index contributed by atoms with van der Waals surface area (Å²) in [5.74, 6) is 1.16. The van der Waals surface area contributed by atoms with E-state index < -0.39 is 0 Å². The van der Waals surface area contributed by atoms with Gasteiger partial charge in [0.15, 0.2) is 0 Å². The van der Waals surface area contributed by atoms with Crippen molar-refractivity contribution in [3.05, 3.63) is 35.2 Å². The van der Waals surface area contributed by atoms with Gasteiger partial charge in [-0.3, -0.25) is 10.00 Å². The minimum atomic E-state index is 0.312. The van der Waals surface area contributed by atoms with Crippen LogP contribution in [0.1, 0.15) is 42.8 Å². The second-order valence-corrected chi connectivity index (χ2v) is 5.90. The first-order chi connectivity index (χ1) is 10.7. The van der Waals surface area contributed by atoms with Gasteiger partial charge in [-0.15, -0.1) is 0 Å². The number of aromatic nitrogens is 4. The van der Waals surface area contributed by atoms with Crippen LogP contribution in [0.2, 0.25) is 0 Å². The zero-order valence-electron chi connectivity index (χ0n) is 13.7. The number of hydrogen-bond donors (Lipinski definition) is 1. The maximum Gasteiger partial charge on any atom is 0.126 e. The molecule has 1 aliphatic heterocycles. The predicted octanol–water partition coefficient (Wildman–Crippen LogP) is 2.07. The van der Waals surface area contributed by atoms with Crippen LogP contribution < -0.4 is 0 Å². The molecule has 1 aliphatic rings. The molecule has 2 aromatic heterocycles. The summed E-state index contributed by atoms with van der Waals surface area (Å²) in [6.45, 7) is 10.7. The van der Waals surface area contributed by atoms with Crippen molar-refractivity contribution < 1.29 is 4.74 Å². The minimum Gasteiger partial charge on any atom is -0.381 e. The normalized spacial score (nSPS) is 18.6. The molecule has 0 aliphatic carbocycles. The highest BCUT2D eigenvalue weighted by Gasteiger charge is 2.27.